The first-order chi connectivity index (χ1) is 6.68. The summed E-state index contributed by atoms with van der Waals surface area (Å²) >= 11 is 0. The molecule has 0 unspecified atom stereocenters. The van der Waals surface area contributed by atoms with Crippen LogP contribution in [0.4, 0.5) is 5.69 Å². The zero-order valence-corrected chi connectivity index (χ0v) is 8.73. The first-order valence-corrected chi connectivity index (χ1v) is 4.58. The summed E-state index contributed by atoms with van der Waals surface area (Å²) in [4.78, 5) is 12.8. The van der Waals surface area contributed by atoms with Crippen molar-refractivity contribution in [3.05, 3.63) is 24.0 Å². The molecule has 4 heteroatoms. The topological polar surface area (TPSA) is 31.7 Å². The predicted molar refractivity (Wildman–Crippen MR) is 56.5 cm³/mol. The summed E-state index contributed by atoms with van der Waals surface area (Å²) < 4.78 is 0. The number of pyridine rings is 1. The molecule has 14 heavy (non-hydrogen) atoms. The van der Waals surface area contributed by atoms with Gasteiger partial charge >= 0.3 is 0 Å². The third-order valence-corrected chi connectivity index (χ3v) is 2.25. The molecule has 0 saturated heterocycles. The second-order valence-electron chi connectivity index (χ2n) is 3.67. The van der Waals surface area contributed by atoms with Gasteiger partial charge in [-0.2, -0.15) is 0 Å². The minimum Gasteiger partial charge on any atom is -0.349 e. The number of nitrogens with zero attached hydrogens (tertiary/aromatic N) is 4. The lowest BCUT2D eigenvalue weighted by atomic mass is 10.2. The van der Waals surface area contributed by atoms with E-state index in [0.717, 1.165) is 18.2 Å². The number of aromatic nitrogens is 1. The van der Waals surface area contributed by atoms with Crippen LogP contribution in [0.25, 0.3) is 0 Å². The zero-order valence-electron chi connectivity index (χ0n) is 8.73. The third-order valence-electron chi connectivity index (χ3n) is 2.25. The van der Waals surface area contributed by atoms with E-state index in [-0.39, 0.29) is 0 Å². The molecule has 1 aromatic heterocycles. The molecule has 0 bridgehead atoms. The zero-order chi connectivity index (χ0) is 10.1. The Morgan fingerprint density at radius 1 is 1.43 bits per heavy atom. The van der Waals surface area contributed by atoms with Gasteiger partial charge in [-0.05, 0) is 6.07 Å². The van der Waals surface area contributed by atoms with Crippen molar-refractivity contribution in [3.8, 4) is 0 Å². The highest BCUT2D eigenvalue weighted by Gasteiger charge is 2.17. The van der Waals surface area contributed by atoms with Crippen molar-refractivity contribution in [3.63, 3.8) is 0 Å². The molecule has 0 aliphatic carbocycles. The minimum atomic E-state index is 0.875. The summed E-state index contributed by atoms with van der Waals surface area (Å²) in [6.07, 6.45) is 3.66. The van der Waals surface area contributed by atoms with E-state index < -0.39 is 0 Å². The largest absolute Gasteiger partial charge is 0.349 e. The van der Waals surface area contributed by atoms with Crippen molar-refractivity contribution in [2.24, 2.45) is 4.99 Å². The van der Waals surface area contributed by atoms with Crippen LogP contribution in [0.3, 0.4) is 0 Å². The number of aliphatic imine (C=N–C) groups is 1. The number of rotatable bonds is 0. The van der Waals surface area contributed by atoms with Crippen molar-refractivity contribution in [2.75, 3.05) is 21.1 Å². The van der Waals surface area contributed by atoms with E-state index in [1.807, 2.05) is 38.3 Å². The quantitative estimate of drug-likeness (QED) is 0.613. The van der Waals surface area contributed by atoms with E-state index in [1.165, 1.54) is 5.56 Å². The minimum absolute atomic E-state index is 0.875. The molecule has 0 saturated carbocycles. The maximum absolute atomic E-state index is 4.55. The number of guanidine groups is 1. The van der Waals surface area contributed by atoms with Gasteiger partial charge in [-0.3, -0.25) is 4.98 Å². The Labute approximate surface area is 83.9 Å². The van der Waals surface area contributed by atoms with Gasteiger partial charge in [-0.25, -0.2) is 4.99 Å². The van der Waals surface area contributed by atoms with Gasteiger partial charge in [0.2, 0.25) is 5.96 Å². The number of hydrogen-bond acceptors (Lipinski definition) is 4. The summed E-state index contributed by atoms with van der Waals surface area (Å²) in [5, 5.41) is 0. The molecule has 2 rings (SSSR count). The molecule has 0 aromatic carbocycles. The van der Waals surface area contributed by atoms with Gasteiger partial charge in [0, 0.05) is 45.6 Å². The van der Waals surface area contributed by atoms with Crippen LogP contribution in [0.2, 0.25) is 0 Å². The molecule has 1 aliphatic heterocycles. The van der Waals surface area contributed by atoms with Gasteiger partial charge in [-0.1, -0.05) is 0 Å². The van der Waals surface area contributed by atoms with E-state index >= 15 is 0 Å². The second-order valence-corrected chi connectivity index (χ2v) is 3.67. The van der Waals surface area contributed by atoms with Crippen LogP contribution < -0.4 is 0 Å². The van der Waals surface area contributed by atoms with Crippen LogP contribution in [0, 0.1) is 0 Å². The highest BCUT2D eigenvalue weighted by atomic mass is 15.4. The van der Waals surface area contributed by atoms with Crippen LogP contribution >= 0.6 is 0 Å². The SMILES string of the molecule is CN(C)C1=Nc2ccncc2CN1C. The summed E-state index contributed by atoms with van der Waals surface area (Å²) in [6, 6.07) is 1.95. The molecule has 1 aliphatic rings. The molecule has 0 amide bonds. The Balaban J connectivity index is 2.44. The van der Waals surface area contributed by atoms with Crippen molar-refractivity contribution < 1.29 is 0 Å². The van der Waals surface area contributed by atoms with Gasteiger partial charge in [-0.15, -0.1) is 0 Å². The molecule has 0 spiro atoms. The Hall–Kier alpha value is -1.58. The first kappa shape index (κ1) is 8.99. The van der Waals surface area contributed by atoms with Crippen LogP contribution in [0.1, 0.15) is 5.56 Å². The van der Waals surface area contributed by atoms with Gasteiger partial charge in [0.1, 0.15) is 0 Å². The lowest BCUT2D eigenvalue weighted by molar-refractivity contribution is 0.412. The van der Waals surface area contributed by atoms with Crippen molar-refractivity contribution in [1.29, 1.82) is 0 Å². The third kappa shape index (κ3) is 1.43. The van der Waals surface area contributed by atoms with Crippen molar-refractivity contribution in [2.45, 2.75) is 6.54 Å². The summed E-state index contributed by atoms with van der Waals surface area (Å²) in [6.45, 7) is 0.875. The number of fused-ring (bicyclic) bond motifs is 1. The lowest BCUT2D eigenvalue weighted by Crippen LogP contribution is -2.39. The second kappa shape index (κ2) is 3.29. The molecule has 2 heterocycles. The van der Waals surface area contributed by atoms with Crippen LogP contribution in [0.5, 0.6) is 0 Å². The fraction of sp³-hybridized carbons (Fsp3) is 0.400. The van der Waals surface area contributed by atoms with Crippen molar-refractivity contribution in [1.82, 2.24) is 14.8 Å². The normalized spacial score (nSPS) is 14.8. The maximum atomic E-state index is 4.55. The Kier molecular flexibility index (Phi) is 2.11. The Morgan fingerprint density at radius 3 is 2.93 bits per heavy atom. The highest BCUT2D eigenvalue weighted by molar-refractivity contribution is 5.84. The smallest absolute Gasteiger partial charge is 0.201 e. The molecular formula is C10H14N4. The standard InChI is InChI=1S/C10H14N4/c1-13(2)10-12-9-4-5-11-6-8(9)7-14(10)3/h4-6H,7H2,1-3H3. The van der Waals surface area contributed by atoms with E-state index in [1.54, 1.807) is 6.20 Å². The van der Waals surface area contributed by atoms with E-state index in [9.17, 15) is 0 Å². The fourth-order valence-corrected chi connectivity index (χ4v) is 1.61. The molecule has 0 radical (unpaired) electrons. The first-order valence-electron chi connectivity index (χ1n) is 4.58. The van der Waals surface area contributed by atoms with E-state index in [4.69, 9.17) is 0 Å². The molecule has 0 fully saturated rings. The average molecular weight is 190 g/mol. The van der Waals surface area contributed by atoms with Gasteiger partial charge in [0.05, 0.1) is 5.69 Å². The van der Waals surface area contributed by atoms with Gasteiger partial charge in [0.25, 0.3) is 0 Å². The van der Waals surface area contributed by atoms with Crippen LogP contribution in [-0.4, -0.2) is 41.9 Å². The van der Waals surface area contributed by atoms with Gasteiger partial charge in [0.15, 0.2) is 0 Å². The molecule has 0 N–H and O–H groups in total. The Bertz CT molecular complexity index is 370. The summed E-state index contributed by atoms with van der Waals surface area (Å²) in [5.41, 5.74) is 2.21. The molecule has 4 nitrogen and oxygen atoms in total. The average Bonchev–Trinajstić information content (AvgIpc) is 2.16. The molecule has 74 valence electrons. The molecule has 1 aromatic rings. The van der Waals surface area contributed by atoms with Crippen molar-refractivity contribution >= 4 is 11.6 Å². The molecular weight excluding hydrogens is 176 g/mol. The van der Waals surface area contributed by atoms with Crippen LogP contribution in [0.15, 0.2) is 23.5 Å². The Morgan fingerprint density at radius 2 is 2.21 bits per heavy atom. The summed E-state index contributed by atoms with van der Waals surface area (Å²) in [7, 11) is 6.04. The maximum Gasteiger partial charge on any atom is 0.201 e. The van der Waals surface area contributed by atoms with E-state index in [2.05, 4.69) is 14.9 Å². The molecule has 0 atom stereocenters. The van der Waals surface area contributed by atoms with Gasteiger partial charge < -0.3 is 9.80 Å². The predicted octanol–water partition coefficient (Wildman–Crippen LogP) is 1.08. The fourth-order valence-electron chi connectivity index (χ4n) is 1.61. The highest BCUT2D eigenvalue weighted by Crippen LogP contribution is 2.24. The van der Waals surface area contributed by atoms with Crippen LogP contribution in [-0.2, 0) is 6.54 Å². The van der Waals surface area contributed by atoms with E-state index in [0.29, 0.717) is 0 Å². The lowest BCUT2D eigenvalue weighted by Gasteiger charge is -2.30. The summed E-state index contributed by atoms with van der Waals surface area (Å²) in [5.74, 6) is 0.990. The monoisotopic (exact) mass is 190 g/mol. The number of hydrogen-bond donors (Lipinski definition) is 0.